The van der Waals surface area contributed by atoms with Gasteiger partial charge in [0, 0.05) is 12.1 Å². The van der Waals surface area contributed by atoms with E-state index in [9.17, 15) is 9.59 Å². The zero-order valence-corrected chi connectivity index (χ0v) is 8.45. The van der Waals surface area contributed by atoms with E-state index in [-0.39, 0.29) is 18.6 Å². The van der Waals surface area contributed by atoms with Gasteiger partial charge in [-0.25, -0.2) is 4.79 Å². The molecule has 0 aliphatic heterocycles. The van der Waals surface area contributed by atoms with Crippen molar-refractivity contribution in [3.63, 3.8) is 0 Å². The van der Waals surface area contributed by atoms with E-state index >= 15 is 0 Å². The molecule has 0 radical (unpaired) electrons. The lowest BCUT2D eigenvalue weighted by molar-refractivity contribution is -0.143. The number of likely N-dealkylation sites (N-methyl/N-ethyl adjacent to an activating group) is 1. The van der Waals surface area contributed by atoms with Gasteiger partial charge >= 0.3 is 11.9 Å². The third-order valence-electron chi connectivity index (χ3n) is 1.42. The number of carbonyl (C=O) groups excluding carboxylic acids is 1. The predicted octanol–water partition coefficient (Wildman–Crippen LogP) is 0.122. The molecule has 0 unspecified atom stereocenters. The van der Waals surface area contributed by atoms with Crippen LogP contribution in [0, 0.1) is 0 Å². The molecule has 0 saturated heterocycles. The molecule has 0 heterocycles. The predicted molar refractivity (Wildman–Crippen MR) is 50.9 cm³/mol. The van der Waals surface area contributed by atoms with E-state index in [1.54, 1.807) is 0 Å². The Morgan fingerprint density at radius 2 is 2.00 bits per heavy atom. The maximum Gasteiger partial charge on any atom is 0.334 e. The van der Waals surface area contributed by atoms with E-state index in [0.717, 1.165) is 0 Å². The molecule has 0 aromatic heterocycles. The molecule has 0 amide bonds. The third-order valence-corrected chi connectivity index (χ3v) is 1.42. The SMILES string of the molecule is C=C(CC(=O)O)C(=O)OCCN(C)C. The van der Waals surface area contributed by atoms with Gasteiger partial charge in [-0.2, -0.15) is 0 Å². The van der Waals surface area contributed by atoms with Crippen molar-refractivity contribution >= 4 is 11.9 Å². The smallest absolute Gasteiger partial charge is 0.334 e. The number of ether oxygens (including phenoxy) is 1. The van der Waals surface area contributed by atoms with Crippen LogP contribution in [0.5, 0.6) is 0 Å². The average molecular weight is 201 g/mol. The lowest BCUT2D eigenvalue weighted by atomic mass is 10.2. The summed E-state index contributed by atoms with van der Waals surface area (Å²) in [5.74, 6) is -1.73. The highest BCUT2D eigenvalue weighted by Crippen LogP contribution is 2.00. The van der Waals surface area contributed by atoms with Gasteiger partial charge in [0.15, 0.2) is 0 Å². The fourth-order valence-electron chi connectivity index (χ4n) is 0.678. The molecular formula is C9H15NO4. The molecule has 0 rings (SSSR count). The molecule has 5 nitrogen and oxygen atoms in total. The second-order valence-corrected chi connectivity index (χ2v) is 3.11. The minimum Gasteiger partial charge on any atom is -0.481 e. The standard InChI is InChI=1S/C9H15NO4/c1-7(6-8(11)12)9(13)14-5-4-10(2)3/h1,4-6H2,2-3H3,(H,11,12). The van der Waals surface area contributed by atoms with Gasteiger partial charge in [-0.3, -0.25) is 4.79 Å². The minimum atomic E-state index is -1.08. The van der Waals surface area contributed by atoms with E-state index in [1.165, 1.54) is 0 Å². The maximum absolute atomic E-state index is 11.1. The highest BCUT2D eigenvalue weighted by molar-refractivity contribution is 5.92. The Balaban J connectivity index is 3.74. The Morgan fingerprint density at radius 3 is 2.43 bits per heavy atom. The molecule has 0 spiro atoms. The van der Waals surface area contributed by atoms with Crippen molar-refractivity contribution in [1.82, 2.24) is 4.90 Å². The van der Waals surface area contributed by atoms with Crippen LogP contribution in [-0.2, 0) is 14.3 Å². The van der Waals surface area contributed by atoms with Crippen molar-refractivity contribution in [3.05, 3.63) is 12.2 Å². The highest BCUT2D eigenvalue weighted by atomic mass is 16.5. The fourth-order valence-corrected chi connectivity index (χ4v) is 0.678. The number of esters is 1. The summed E-state index contributed by atoms with van der Waals surface area (Å²) in [6.45, 7) is 4.17. The van der Waals surface area contributed by atoms with Gasteiger partial charge in [0.2, 0.25) is 0 Å². The number of hydrogen-bond donors (Lipinski definition) is 1. The molecule has 5 heteroatoms. The average Bonchev–Trinajstić information content (AvgIpc) is 2.01. The van der Waals surface area contributed by atoms with E-state index < -0.39 is 11.9 Å². The number of carboxylic acid groups (broad SMARTS) is 1. The van der Waals surface area contributed by atoms with Gasteiger partial charge in [0.25, 0.3) is 0 Å². The Kier molecular flexibility index (Phi) is 5.55. The largest absolute Gasteiger partial charge is 0.481 e. The molecule has 0 aromatic carbocycles. The fraction of sp³-hybridized carbons (Fsp3) is 0.556. The van der Waals surface area contributed by atoms with E-state index in [1.807, 2.05) is 19.0 Å². The second kappa shape index (κ2) is 6.15. The first-order chi connectivity index (χ1) is 6.43. The van der Waals surface area contributed by atoms with Crippen molar-refractivity contribution < 1.29 is 19.4 Å². The van der Waals surface area contributed by atoms with Gasteiger partial charge in [-0.05, 0) is 14.1 Å². The molecule has 0 atom stereocenters. The summed E-state index contributed by atoms with van der Waals surface area (Å²) in [4.78, 5) is 23.1. The minimum absolute atomic E-state index is 0.0312. The first-order valence-corrected chi connectivity index (χ1v) is 4.15. The molecule has 0 aliphatic carbocycles. The van der Waals surface area contributed by atoms with E-state index in [4.69, 9.17) is 9.84 Å². The summed E-state index contributed by atoms with van der Waals surface area (Å²) in [5.41, 5.74) is -0.0312. The molecule has 0 aliphatic rings. The highest BCUT2D eigenvalue weighted by Gasteiger charge is 2.11. The van der Waals surface area contributed by atoms with Crippen LogP contribution < -0.4 is 0 Å². The van der Waals surface area contributed by atoms with Crippen LogP contribution in [-0.4, -0.2) is 49.2 Å². The van der Waals surface area contributed by atoms with Gasteiger partial charge in [0.1, 0.15) is 6.61 Å². The van der Waals surface area contributed by atoms with Gasteiger partial charge in [-0.15, -0.1) is 0 Å². The van der Waals surface area contributed by atoms with Crippen molar-refractivity contribution in [3.8, 4) is 0 Å². The van der Waals surface area contributed by atoms with Gasteiger partial charge in [-0.1, -0.05) is 6.58 Å². The lowest BCUT2D eigenvalue weighted by Crippen LogP contribution is -2.21. The van der Waals surface area contributed by atoms with Crippen molar-refractivity contribution in [2.24, 2.45) is 0 Å². The van der Waals surface area contributed by atoms with Crippen molar-refractivity contribution in [2.45, 2.75) is 6.42 Å². The summed E-state index contributed by atoms with van der Waals surface area (Å²) in [6.07, 6.45) is -0.374. The quantitative estimate of drug-likeness (QED) is 0.488. The molecule has 0 bridgehead atoms. The Morgan fingerprint density at radius 1 is 1.43 bits per heavy atom. The zero-order valence-electron chi connectivity index (χ0n) is 8.45. The molecule has 0 saturated carbocycles. The monoisotopic (exact) mass is 201 g/mol. The number of nitrogens with zero attached hydrogens (tertiary/aromatic N) is 1. The molecular weight excluding hydrogens is 186 g/mol. The maximum atomic E-state index is 11.1. The summed E-state index contributed by atoms with van der Waals surface area (Å²) < 4.78 is 4.77. The van der Waals surface area contributed by atoms with E-state index in [2.05, 4.69) is 6.58 Å². The third kappa shape index (κ3) is 6.19. The first-order valence-electron chi connectivity index (χ1n) is 4.15. The topological polar surface area (TPSA) is 66.8 Å². The molecule has 1 N–H and O–H groups in total. The molecule has 80 valence electrons. The summed E-state index contributed by atoms with van der Waals surface area (Å²) in [5, 5.41) is 8.37. The van der Waals surface area contributed by atoms with Gasteiger partial charge in [0.05, 0.1) is 6.42 Å². The lowest BCUT2D eigenvalue weighted by Gasteiger charge is -2.10. The first kappa shape index (κ1) is 12.6. The number of rotatable bonds is 6. The van der Waals surface area contributed by atoms with Crippen LogP contribution in [0.1, 0.15) is 6.42 Å². The Hall–Kier alpha value is -1.36. The van der Waals surface area contributed by atoms with Crippen LogP contribution in [0.25, 0.3) is 0 Å². The van der Waals surface area contributed by atoms with Crippen molar-refractivity contribution in [1.29, 1.82) is 0 Å². The van der Waals surface area contributed by atoms with Gasteiger partial charge < -0.3 is 14.7 Å². The van der Waals surface area contributed by atoms with Crippen LogP contribution in [0.15, 0.2) is 12.2 Å². The van der Waals surface area contributed by atoms with E-state index in [0.29, 0.717) is 6.54 Å². The van der Waals surface area contributed by atoms with Crippen LogP contribution >= 0.6 is 0 Å². The molecule has 14 heavy (non-hydrogen) atoms. The normalized spacial score (nSPS) is 9.93. The summed E-state index contributed by atoms with van der Waals surface area (Å²) in [7, 11) is 3.69. The van der Waals surface area contributed by atoms with Crippen LogP contribution in [0.3, 0.4) is 0 Å². The van der Waals surface area contributed by atoms with Crippen LogP contribution in [0.4, 0.5) is 0 Å². The Bertz CT molecular complexity index is 235. The zero-order chi connectivity index (χ0) is 11.1. The molecule has 0 fully saturated rings. The number of aliphatic carboxylic acids is 1. The number of hydrogen-bond acceptors (Lipinski definition) is 4. The second-order valence-electron chi connectivity index (χ2n) is 3.11. The summed E-state index contributed by atoms with van der Waals surface area (Å²) >= 11 is 0. The number of carboxylic acids is 1. The van der Waals surface area contributed by atoms with Crippen LogP contribution in [0.2, 0.25) is 0 Å². The van der Waals surface area contributed by atoms with Crippen molar-refractivity contribution in [2.75, 3.05) is 27.2 Å². The number of carbonyl (C=O) groups is 2. The Labute approximate surface area is 83.0 Å². The summed E-state index contributed by atoms with van der Waals surface area (Å²) in [6, 6.07) is 0. The molecule has 0 aromatic rings.